The zero-order chi connectivity index (χ0) is 18.2. The number of carbonyl (C=O) groups is 1. The summed E-state index contributed by atoms with van der Waals surface area (Å²) in [7, 11) is 0. The van der Waals surface area contributed by atoms with E-state index in [4.69, 9.17) is 0 Å². The molecule has 132 valence electrons. The second-order valence-electron chi connectivity index (χ2n) is 7.12. The van der Waals surface area contributed by atoms with Crippen LogP contribution < -0.4 is 10.9 Å². The van der Waals surface area contributed by atoms with E-state index in [9.17, 15) is 9.59 Å². The molecule has 0 atom stereocenters. The van der Waals surface area contributed by atoms with Crippen LogP contribution in [0, 0.1) is 0 Å². The molecule has 0 saturated carbocycles. The molecule has 1 aliphatic heterocycles. The summed E-state index contributed by atoms with van der Waals surface area (Å²) in [6, 6.07) is 7.86. The highest BCUT2D eigenvalue weighted by Gasteiger charge is 2.29. The van der Waals surface area contributed by atoms with Gasteiger partial charge in [-0.25, -0.2) is 4.79 Å². The fraction of sp³-hybridized carbons (Fsp3) is 0.368. The molecule has 0 bridgehead atoms. The summed E-state index contributed by atoms with van der Waals surface area (Å²) in [5, 5.41) is 8.54. The molecule has 3 N–H and O–H groups in total. The lowest BCUT2D eigenvalue weighted by Crippen LogP contribution is -2.50. The van der Waals surface area contributed by atoms with Gasteiger partial charge in [0.15, 0.2) is 0 Å². The highest BCUT2D eigenvalue weighted by molar-refractivity contribution is 5.75. The minimum atomic E-state index is -0.534. The van der Waals surface area contributed by atoms with Crippen LogP contribution in [0.25, 0.3) is 5.57 Å². The highest BCUT2D eigenvalue weighted by atomic mass is 16.2. The first-order valence-electron chi connectivity index (χ1n) is 8.40. The summed E-state index contributed by atoms with van der Waals surface area (Å²) in [4.78, 5) is 26.2. The number of aromatic nitrogens is 2. The lowest BCUT2D eigenvalue weighted by molar-refractivity contribution is 0.181. The number of nitrogens with zero attached hydrogens (tertiary/aromatic N) is 1. The fourth-order valence-electron chi connectivity index (χ4n) is 3.08. The van der Waals surface area contributed by atoms with Crippen molar-refractivity contribution in [3.63, 3.8) is 0 Å². The van der Waals surface area contributed by atoms with Gasteiger partial charge in [-0.3, -0.25) is 9.89 Å². The van der Waals surface area contributed by atoms with Gasteiger partial charge in [-0.05, 0) is 38.0 Å². The van der Waals surface area contributed by atoms with Crippen LogP contribution in [0.3, 0.4) is 0 Å². The molecule has 0 fully saturated rings. The first kappa shape index (κ1) is 17.1. The van der Waals surface area contributed by atoms with Gasteiger partial charge in [-0.15, -0.1) is 0 Å². The van der Waals surface area contributed by atoms with Crippen LogP contribution in [0.1, 0.15) is 43.2 Å². The summed E-state index contributed by atoms with van der Waals surface area (Å²) < 4.78 is 0. The van der Waals surface area contributed by atoms with Gasteiger partial charge < -0.3 is 15.3 Å². The Morgan fingerprint density at radius 2 is 2.08 bits per heavy atom. The van der Waals surface area contributed by atoms with Crippen LogP contribution in [-0.4, -0.2) is 27.7 Å². The molecule has 1 aromatic heterocycles. The number of fused-ring (bicyclic) bond motifs is 1. The minimum Gasteiger partial charge on any atom is -0.329 e. The molecule has 1 aromatic carbocycles. The van der Waals surface area contributed by atoms with Gasteiger partial charge in [0.2, 0.25) is 0 Å². The number of benzene rings is 1. The highest BCUT2D eigenvalue weighted by Crippen LogP contribution is 2.24. The predicted molar refractivity (Wildman–Crippen MR) is 98.2 cm³/mol. The van der Waals surface area contributed by atoms with Crippen molar-refractivity contribution >= 4 is 11.6 Å². The van der Waals surface area contributed by atoms with Crippen LogP contribution in [0.2, 0.25) is 0 Å². The van der Waals surface area contributed by atoms with Crippen molar-refractivity contribution in [2.45, 2.75) is 39.3 Å². The largest absolute Gasteiger partial charge is 0.329 e. The number of carbonyl (C=O) groups excluding carboxylic acids is 1. The molecule has 2 aromatic rings. The summed E-state index contributed by atoms with van der Waals surface area (Å²) in [6.45, 7) is 10.8. The second kappa shape index (κ2) is 6.27. The van der Waals surface area contributed by atoms with Gasteiger partial charge in [-0.1, -0.05) is 30.4 Å². The zero-order valence-corrected chi connectivity index (χ0v) is 14.9. The Hall–Kier alpha value is -2.76. The van der Waals surface area contributed by atoms with Crippen LogP contribution >= 0.6 is 0 Å². The number of allylic oxidation sites excluding steroid dienone is 1. The Morgan fingerprint density at radius 3 is 2.80 bits per heavy atom. The number of hydrogen-bond donors (Lipinski definition) is 3. The number of amides is 2. The van der Waals surface area contributed by atoms with Crippen molar-refractivity contribution in [2.75, 3.05) is 6.54 Å². The van der Waals surface area contributed by atoms with Gasteiger partial charge in [0, 0.05) is 18.7 Å². The minimum absolute atomic E-state index is 0.152. The van der Waals surface area contributed by atoms with E-state index < -0.39 is 5.54 Å². The van der Waals surface area contributed by atoms with Crippen molar-refractivity contribution in [1.82, 2.24) is 20.4 Å². The summed E-state index contributed by atoms with van der Waals surface area (Å²) in [5.74, 6) is 0. The molecule has 0 spiro atoms. The van der Waals surface area contributed by atoms with Crippen LogP contribution in [-0.2, 0) is 18.5 Å². The maximum Gasteiger partial charge on any atom is 0.318 e. The molecule has 3 rings (SSSR count). The number of rotatable bonds is 3. The normalized spacial score (nSPS) is 14.1. The Labute approximate surface area is 146 Å². The van der Waals surface area contributed by atoms with Crippen molar-refractivity contribution in [3.05, 3.63) is 63.6 Å². The lowest BCUT2D eigenvalue weighted by Gasteiger charge is -2.33. The van der Waals surface area contributed by atoms with E-state index in [0.717, 1.165) is 22.4 Å². The summed E-state index contributed by atoms with van der Waals surface area (Å²) >= 11 is 0. The standard InChI is InChI=1S/C19H24N4O2/c1-12(2)13-6-5-7-14(10-13)19(3,4)20-18(25)23-9-8-16-15(11-23)17(24)22-21-16/h5-7,10H,1,8-9,11H2,2-4H3,(H,20,25)(H2,21,22,24). The van der Waals surface area contributed by atoms with Crippen LogP contribution in [0.4, 0.5) is 4.79 Å². The quantitative estimate of drug-likeness (QED) is 0.803. The molecular weight excluding hydrogens is 316 g/mol. The first-order valence-corrected chi connectivity index (χ1v) is 8.40. The maximum atomic E-state index is 12.7. The average molecular weight is 340 g/mol. The Kier molecular flexibility index (Phi) is 4.29. The topological polar surface area (TPSA) is 81.0 Å². The van der Waals surface area contributed by atoms with Crippen LogP contribution in [0.5, 0.6) is 0 Å². The van der Waals surface area contributed by atoms with Gasteiger partial charge in [0.25, 0.3) is 5.56 Å². The SMILES string of the molecule is C=C(C)c1cccc(C(C)(C)NC(=O)N2CCc3[nH][nH]c(=O)c3C2)c1. The molecule has 6 heteroatoms. The van der Waals surface area contributed by atoms with Gasteiger partial charge in [0.05, 0.1) is 17.6 Å². The summed E-state index contributed by atoms with van der Waals surface area (Å²) in [5.41, 5.74) is 3.90. The molecule has 2 heterocycles. The van der Waals surface area contributed by atoms with E-state index in [1.165, 1.54) is 0 Å². The van der Waals surface area contributed by atoms with E-state index in [-0.39, 0.29) is 11.6 Å². The molecule has 25 heavy (non-hydrogen) atoms. The smallest absolute Gasteiger partial charge is 0.318 e. The monoisotopic (exact) mass is 340 g/mol. The number of urea groups is 1. The molecular formula is C19H24N4O2. The van der Waals surface area contributed by atoms with Crippen molar-refractivity contribution in [2.24, 2.45) is 0 Å². The van der Waals surface area contributed by atoms with Crippen molar-refractivity contribution in [1.29, 1.82) is 0 Å². The molecule has 0 saturated heterocycles. The van der Waals surface area contributed by atoms with E-state index >= 15 is 0 Å². The maximum absolute atomic E-state index is 12.7. The molecule has 0 unspecified atom stereocenters. The first-order chi connectivity index (χ1) is 11.8. The average Bonchev–Trinajstić information content (AvgIpc) is 2.95. The predicted octanol–water partition coefficient (Wildman–Crippen LogP) is 2.74. The van der Waals surface area contributed by atoms with E-state index in [1.807, 2.05) is 45.0 Å². The van der Waals surface area contributed by atoms with Crippen molar-refractivity contribution in [3.8, 4) is 0 Å². The van der Waals surface area contributed by atoms with Gasteiger partial charge in [0.1, 0.15) is 0 Å². The Bertz CT molecular complexity index is 876. The Morgan fingerprint density at radius 1 is 1.32 bits per heavy atom. The number of aromatic amines is 2. The van der Waals surface area contributed by atoms with E-state index in [0.29, 0.717) is 25.1 Å². The summed E-state index contributed by atoms with van der Waals surface area (Å²) in [6.07, 6.45) is 0.646. The Balaban J connectivity index is 1.76. The third kappa shape index (κ3) is 3.38. The number of H-pyrrole nitrogens is 2. The molecule has 2 amide bonds. The molecule has 0 radical (unpaired) electrons. The fourth-order valence-corrected chi connectivity index (χ4v) is 3.08. The zero-order valence-electron chi connectivity index (χ0n) is 14.9. The van der Waals surface area contributed by atoms with Gasteiger partial charge in [-0.2, -0.15) is 0 Å². The third-order valence-corrected chi connectivity index (χ3v) is 4.73. The number of nitrogens with one attached hydrogen (secondary N) is 3. The van der Waals surface area contributed by atoms with E-state index in [2.05, 4.69) is 22.1 Å². The number of hydrogen-bond acceptors (Lipinski definition) is 2. The van der Waals surface area contributed by atoms with Gasteiger partial charge >= 0.3 is 6.03 Å². The lowest BCUT2D eigenvalue weighted by atomic mass is 9.91. The molecule has 0 aliphatic carbocycles. The third-order valence-electron chi connectivity index (χ3n) is 4.73. The van der Waals surface area contributed by atoms with Crippen molar-refractivity contribution < 1.29 is 4.79 Å². The van der Waals surface area contributed by atoms with E-state index in [1.54, 1.807) is 4.90 Å². The van der Waals surface area contributed by atoms with Crippen LogP contribution in [0.15, 0.2) is 35.6 Å². The molecule has 1 aliphatic rings. The molecule has 6 nitrogen and oxygen atoms in total. The second-order valence-corrected chi connectivity index (χ2v) is 7.12.